The van der Waals surface area contributed by atoms with E-state index in [4.69, 9.17) is 14.6 Å². The van der Waals surface area contributed by atoms with Crippen LogP contribution in [0.25, 0.3) is 0 Å². The van der Waals surface area contributed by atoms with Crippen LogP contribution in [0.15, 0.2) is 42.5 Å². The standard InChI is InChI=1S/C23H32O6/c24-17(15-28-18-6-2-1-3-7-18)10-12-19-20-11-9-16(5-4-8-23(26)27)14-29-22(20)13-21(19)25/h1-3,6-7,10,12,16-17,19-22,24-25H,4-5,8-9,11,13-15H2,(H,26,27)/t16?,17-,19-,20-,21-,22+/m1/s1. The summed E-state index contributed by atoms with van der Waals surface area (Å²) < 4.78 is 11.7. The van der Waals surface area contributed by atoms with Gasteiger partial charge in [0.25, 0.3) is 0 Å². The van der Waals surface area contributed by atoms with E-state index in [1.807, 2.05) is 36.4 Å². The topological polar surface area (TPSA) is 96.2 Å². The average molecular weight is 405 g/mol. The molecule has 2 fully saturated rings. The van der Waals surface area contributed by atoms with E-state index in [0.29, 0.717) is 31.1 Å². The van der Waals surface area contributed by atoms with E-state index >= 15 is 0 Å². The SMILES string of the molecule is O=C(O)CCCC1CC[C@@H]2[C@@H](C=C[C@@H](O)COc3ccccc3)[C@H](O)C[C@@H]2OC1. The van der Waals surface area contributed by atoms with Crippen LogP contribution in [0, 0.1) is 17.8 Å². The van der Waals surface area contributed by atoms with Gasteiger partial charge in [0.15, 0.2) is 0 Å². The van der Waals surface area contributed by atoms with E-state index in [1.165, 1.54) is 0 Å². The highest BCUT2D eigenvalue weighted by atomic mass is 16.5. The highest BCUT2D eigenvalue weighted by Gasteiger charge is 2.43. The third kappa shape index (κ3) is 6.56. The first-order valence-electron chi connectivity index (χ1n) is 10.6. The number of ether oxygens (including phenoxy) is 2. The first-order valence-corrected chi connectivity index (χ1v) is 10.6. The maximum absolute atomic E-state index is 10.7. The van der Waals surface area contributed by atoms with Crippen LogP contribution in [0.4, 0.5) is 0 Å². The molecule has 1 aliphatic heterocycles. The van der Waals surface area contributed by atoms with Crippen LogP contribution in [0.1, 0.15) is 38.5 Å². The lowest BCUT2D eigenvalue weighted by atomic mass is 9.86. The molecule has 1 unspecified atom stereocenters. The van der Waals surface area contributed by atoms with Crippen LogP contribution < -0.4 is 4.74 Å². The van der Waals surface area contributed by atoms with Crippen LogP contribution in [0.2, 0.25) is 0 Å². The minimum absolute atomic E-state index is 0.0295. The molecule has 0 bridgehead atoms. The minimum Gasteiger partial charge on any atom is -0.491 e. The molecular weight excluding hydrogens is 372 g/mol. The predicted octanol–water partition coefficient (Wildman–Crippen LogP) is 3.03. The Bertz CT molecular complexity index is 661. The number of hydrogen-bond donors (Lipinski definition) is 3. The first kappa shape index (κ1) is 21.8. The van der Waals surface area contributed by atoms with Gasteiger partial charge in [0.2, 0.25) is 0 Å². The fourth-order valence-electron chi connectivity index (χ4n) is 4.50. The number of aliphatic carboxylic acids is 1. The molecule has 1 aromatic rings. The van der Waals surface area contributed by atoms with Crippen molar-refractivity contribution in [3.05, 3.63) is 42.5 Å². The van der Waals surface area contributed by atoms with Gasteiger partial charge in [-0.1, -0.05) is 30.4 Å². The molecule has 0 amide bonds. The second-order valence-corrected chi connectivity index (χ2v) is 8.22. The molecular formula is C23H32O6. The van der Waals surface area contributed by atoms with Crippen molar-refractivity contribution >= 4 is 5.97 Å². The Hall–Kier alpha value is -1.89. The van der Waals surface area contributed by atoms with Crippen molar-refractivity contribution in [3.63, 3.8) is 0 Å². The Morgan fingerprint density at radius 1 is 1.28 bits per heavy atom. The molecule has 3 N–H and O–H groups in total. The number of para-hydroxylation sites is 1. The summed E-state index contributed by atoms with van der Waals surface area (Å²) in [6, 6.07) is 9.36. The van der Waals surface area contributed by atoms with E-state index in [-0.39, 0.29) is 31.0 Å². The summed E-state index contributed by atoms with van der Waals surface area (Å²) in [6.07, 6.45) is 6.75. The monoisotopic (exact) mass is 404 g/mol. The number of fused-ring (bicyclic) bond motifs is 1. The number of aliphatic hydroxyl groups excluding tert-OH is 2. The van der Waals surface area contributed by atoms with Gasteiger partial charge in [-0.25, -0.2) is 0 Å². The van der Waals surface area contributed by atoms with E-state index in [0.717, 1.165) is 19.3 Å². The molecule has 6 atom stereocenters. The van der Waals surface area contributed by atoms with Gasteiger partial charge in [0.1, 0.15) is 18.5 Å². The summed E-state index contributed by atoms with van der Waals surface area (Å²) in [5, 5.41) is 29.5. The molecule has 6 nitrogen and oxygen atoms in total. The van der Waals surface area contributed by atoms with Gasteiger partial charge in [-0.2, -0.15) is 0 Å². The Labute approximate surface area is 172 Å². The van der Waals surface area contributed by atoms with Crippen molar-refractivity contribution in [2.24, 2.45) is 17.8 Å². The highest BCUT2D eigenvalue weighted by Crippen LogP contribution is 2.42. The van der Waals surface area contributed by atoms with E-state index in [2.05, 4.69) is 0 Å². The Morgan fingerprint density at radius 2 is 2.07 bits per heavy atom. The minimum atomic E-state index is -0.750. The molecule has 1 saturated carbocycles. The largest absolute Gasteiger partial charge is 0.491 e. The normalized spacial score (nSPS) is 30.6. The van der Waals surface area contributed by atoms with Crippen LogP contribution in [-0.4, -0.2) is 52.8 Å². The molecule has 0 spiro atoms. The van der Waals surface area contributed by atoms with Crippen molar-refractivity contribution in [3.8, 4) is 5.75 Å². The molecule has 29 heavy (non-hydrogen) atoms. The molecule has 1 saturated heterocycles. The van der Waals surface area contributed by atoms with Gasteiger partial charge < -0.3 is 24.8 Å². The van der Waals surface area contributed by atoms with E-state index in [9.17, 15) is 15.0 Å². The fourth-order valence-corrected chi connectivity index (χ4v) is 4.50. The van der Waals surface area contributed by atoms with Gasteiger partial charge in [-0.3, -0.25) is 4.79 Å². The molecule has 6 heteroatoms. The quantitative estimate of drug-likeness (QED) is 0.548. The van der Waals surface area contributed by atoms with E-state index in [1.54, 1.807) is 6.08 Å². The molecule has 0 aromatic heterocycles. The van der Waals surface area contributed by atoms with Crippen LogP contribution in [0.5, 0.6) is 5.75 Å². The summed E-state index contributed by atoms with van der Waals surface area (Å²) in [5.74, 6) is 0.537. The molecule has 1 aromatic carbocycles. The van der Waals surface area contributed by atoms with E-state index < -0.39 is 18.2 Å². The van der Waals surface area contributed by atoms with Crippen LogP contribution in [0.3, 0.4) is 0 Å². The van der Waals surface area contributed by atoms with Crippen molar-refractivity contribution in [1.29, 1.82) is 0 Å². The lowest BCUT2D eigenvalue weighted by molar-refractivity contribution is -0.137. The highest BCUT2D eigenvalue weighted by molar-refractivity contribution is 5.66. The maximum atomic E-state index is 10.7. The first-order chi connectivity index (χ1) is 14.0. The number of carbonyl (C=O) groups is 1. The molecule has 0 radical (unpaired) electrons. The Kier molecular flexibility index (Phi) is 8.09. The molecule has 3 rings (SSSR count). The van der Waals surface area contributed by atoms with Crippen molar-refractivity contribution in [2.75, 3.05) is 13.2 Å². The second-order valence-electron chi connectivity index (χ2n) is 8.22. The van der Waals surface area contributed by atoms with Crippen molar-refractivity contribution in [2.45, 2.75) is 56.8 Å². The van der Waals surface area contributed by atoms with Gasteiger partial charge in [-0.15, -0.1) is 0 Å². The molecule has 160 valence electrons. The lowest BCUT2D eigenvalue weighted by Gasteiger charge is -2.21. The predicted molar refractivity (Wildman–Crippen MR) is 109 cm³/mol. The average Bonchev–Trinajstić information content (AvgIpc) is 2.87. The third-order valence-electron chi connectivity index (χ3n) is 6.07. The van der Waals surface area contributed by atoms with Gasteiger partial charge in [-0.05, 0) is 49.7 Å². The third-order valence-corrected chi connectivity index (χ3v) is 6.07. The lowest BCUT2D eigenvalue weighted by Crippen LogP contribution is -2.22. The summed E-state index contributed by atoms with van der Waals surface area (Å²) in [5.41, 5.74) is 0. The number of benzene rings is 1. The van der Waals surface area contributed by atoms with Crippen molar-refractivity contribution in [1.82, 2.24) is 0 Å². The van der Waals surface area contributed by atoms with Crippen molar-refractivity contribution < 1.29 is 29.6 Å². The van der Waals surface area contributed by atoms with Gasteiger partial charge in [0.05, 0.1) is 12.2 Å². The summed E-state index contributed by atoms with van der Waals surface area (Å²) in [4.78, 5) is 10.7. The summed E-state index contributed by atoms with van der Waals surface area (Å²) in [6.45, 7) is 0.803. The van der Waals surface area contributed by atoms with Gasteiger partial charge >= 0.3 is 5.97 Å². The summed E-state index contributed by atoms with van der Waals surface area (Å²) in [7, 11) is 0. The molecule has 1 heterocycles. The Morgan fingerprint density at radius 3 is 2.83 bits per heavy atom. The number of carboxylic acid groups (broad SMARTS) is 1. The fraction of sp³-hybridized carbons (Fsp3) is 0.609. The zero-order chi connectivity index (χ0) is 20.6. The molecule has 1 aliphatic carbocycles. The molecule has 2 aliphatic rings. The number of aliphatic hydroxyl groups is 2. The smallest absolute Gasteiger partial charge is 0.303 e. The van der Waals surface area contributed by atoms with Crippen LogP contribution in [-0.2, 0) is 9.53 Å². The van der Waals surface area contributed by atoms with Crippen LogP contribution >= 0.6 is 0 Å². The number of carboxylic acids is 1. The second kappa shape index (κ2) is 10.8. The maximum Gasteiger partial charge on any atom is 0.303 e. The zero-order valence-corrected chi connectivity index (χ0v) is 16.7. The number of rotatable bonds is 9. The number of hydrogen-bond acceptors (Lipinski definition) is 5. The zero-order valence-electron chi connectivity index (χ0n) is 16.7. The summed E-state index contributed by atoms with van der Waals surface area (Å²) >= 11 is 0. The Balaban J connectivity index is 1.49. The van der Waals surface area contributed by atoms with Gasteiger partial charge in [0, 0.05) is 25.4 Å².